The van der Waals surface area contributed by atoms with E-state index in [9.17, 15) is 59.1 Å². The lowest BCUT2D eigenvalue weighted by Crippen LogP contribution is -2.59. The normalized spacial score (nSPS) is 20.0. The van der Waals surface area contributed by atoms with Crippen LogP contribution in [0.5, 0.6) is 0 Å². The van der Waals surface area contributed by atoms with Gasteiger partial charge in [-0.25, -0.2) is 34.8 Å². The Morgan fingerprint density at radius 1 is 0.620 bits per heavy atom. The van der Waals surface area contributed by atoms with Gasteiger partial charge < -0.3 is 50.2 Å². The Bertz CT molecular complexity index is 4480. The Morgan fingerprint density at radius 2 is 1.01 bits per heavy atom. The Balaban J connectivity index is 0.000000145. The number of esters is 1. The molecule has 6 aliphatic heterocycles. The van der Waals surface area contributed by atoms with Crippen molar-refractivity contribution in [3.05, 3.63) is 122 Å². The minimum atomic E-state index is -3.47. The summed E-state index contributed by atoms with van der Waals surface area (Å²) in [5.74, 6) is -2.86. The average molecular weight is 1510 g/mol. The van der Waals surface area contributed by atoms with Crippen molar-refractivity contribution in [1.29, 1.82) is 10.5 Å². The van der Waals surface area contributed by atoms with Crippen LogP contribution in [0.3, 0.4) is 0 Å². The SMILES string of the molecule is CC1(S(=O)(=O)C2(CBr)CC2)COC1.CCOC(=O)c1nn(C)c2c1CCNC2=O.Cn1nc(C(=O)NCc2ccc(C#N)cc2)c2c1C(=O)N(CC1(S(=O)(=O)C3(C)COC3)CC1)CC2.Cn1nc(C(=O)O)c2c1C(=O)N(CC1(S(=O)(=O)C3(C)COC3)CC1)CC2.N#Cc1ccc(CN)cc1. The van der Waals surface area contributed by atoms with Gasteiger partial charge in [-0.3, -0.25) is 33.2 Å². The molecule has 34 heteroatoms. The monoisotopic (exact) mass is 1500 g/mol. The number of carbonyl (C=O) groups excluding carboxylic acids is 5. The van der Waals surface area contributed by atoms with Crippen LogP contribution in [-0.4, -0.2) is 218 Å². The number of nitrogens with zero attached hydrogens (tertiary/aromatic N) is 10. The molecular weight excluding hydrogens is 1420 g/mol. The number of nitriles is 2. The number of fused-ring (bicyclic) bond motifs is 3. The third kappa shape index (κ3) is 13.7. The van der Waals surface area contributed by atoms with Gasteiger partial charge in [0.15, 0.2) is 46.6 Å². The molecular formula is C66H82BrN13O17S3. The van der Waals surface area contributed by atoms with Crippen LogP contribution < -0.4 is 16.4 Å². The highest BCUT2D eigenvalue weighted by atomic mass is 79.9. The van der Waals surface area contributed by atoms with Crippen LogP contribution in [0.15, 0.2) is 48.5 Å². The molecule has 4 amide bonds. The molecule has 3 saturated carbocycles. The molecule has 2 aromatic carbocycles. The Kier molecular flexibility index (Phi) is 21.3. The average Bonchev–Trinajstić information content (AvgIpc) is 1.53. The standard InChI is InChI=1S/C24H27N5O5S.C16H21N3O6S.C10H13N3O3.C8H13BrO3S.C8H8N2/c1-23(14-34-15-23)35(32,33)24(8-9-24)13-29-10-7-18-19(27-28(2)20(18)22(29)31)21(30)26-12-17-5-3-16(11-25)4-6-17;1-15(8-25-9-15)26(23,24)16(4-5-16)7-19-6-3-10-11(14(21)22)17-18(2)12(10)13(19)20;1-3-16-10(15)7-6-4-5-11-9(14)8(6)13(2)12-7;1-7(5-12-6-7)13(10,11)8(4-9)2-3-8;9-5-7-1-2-8(6-10)4-3-7/h3-6H,7-10,12-15H2,1-2H3,(H,26,30);3-9H2,1-2H3,(H,21,22);3-5H2,1-2H3,(H,11,14);2-6H2,1H3;1-4H,5,9H2. The maximum Gasteiger partial charge on any atom is 0.359 e. The molecule has 0 unspecified atom stereocenters. The van der Waals surface area contributed by atoms with E-state index in [0.717, 1.165) is 24.0 Å². The number of aromatic carboxylic acids is 1. The number of ether oxygens (including phenoxy) is 4. The molecule has 0 atom stereocenters. The number of carboxylic acids is 1. The smallest absolute Gasteiger partial charge is 0.359 e. The third-order valence-electron chi connectivity index (χ3n) is 20.0. The number of carboxylic acid groups (broad SMARTS) is 1. The number of nitrogens with two attached hydrogens (primary N) is 1. The number of hydrogen-bond donors (Lipinski definition) is 4. The highest BCUT2D eigenvalue weighted by Crippen LogP contribution is 2.53. The summed E-state index contributed by atoms with van der Waals surface area (Å²) >= 11 is 3.29. The topological polar surface area (TPSA) is 420 Å². The Morgan fingerprint density at radius 3 is 1.39 bits per heavy atom. The molecule has 3 aromatic heterocycles. The molecule has 0 bridgehead atoms. The van der Waals surface area contributed by atoms with Crippen molar-refractivity contribution in [3.8, 4) is 12.1 Å². The van der Waals surface area contributed by atoms with Gasteiger partial charge in [-0.05, 0) is 121 Å². The number of nitrogens with one attached hydrogen (secondary N) is 2. The van der Waals surface area contributed by atoms with Crippen molar-refractivity contribution in [1.82, 2.24) is 49.8 Å². The predicted octanol–water partition coefficient (Wildman–Crippen LogP) is 2.83. The fraction of sp³-hybridized carbons (Fsp3) is 0.561. The second-order valence-corrected chi connectivity index (χ2v) is 36.5. The van der Waals surface area contributed by atoms with Crippen molar-refractivity contribution in [2.75, 3.05) is 84.3 Å². The first-order valence-electron chi connectivity index (χ1n) is 32.6. The highest BCUT2D eigenvalue weighted by Gasteiger charge is 2.66. The minimum Gasteiger partial charge on any atom is -0.476 e. The number of hydrogen-bond acceptors (Lipinski definition) is 22. The first-order chi connectivity index (χ1) is 47.2. The maximum atomic E-state index is 13.4. The predicted molar refractivity (Wildman–Crippen MR) is 363 cm³/mol. The molecule has 0 spiro atoms. The number of aromatic nitrogens is 6. The summed E-state index contributed by atoms with van der Waals surface area (Å²) in [4.78, 5) is 76.7. The van der Waals surface area contributed by atoms with Gasteiger partial charge in [-0.2, -0.15) is 25.8 Å². The van der Waals surface area contributed by atoms with E-state index < -0.39 is 69.9 Å². The number of halogens is 1. The number of amides is 4. The maximum absolute atomic E-state index is 13.4. The van der Waals surface area contributed by atoms with Crippen LogP contribution in [0.25, 0.3) is 0 Å². The van der Waals surface area contributed by atoms with E-state index in [4.69, 9.17) is 35.2 Å². The van der Waals surface area contributed by atoms with Crippen molar-refractivity contribution in [2.24, 2.45) is 26.9 Å². The molecule has 9 aliphatic rings. The van der Waals surface area contributed by atoms with E-state index in [0.29, 0.717) is 135 Å². The summed E-state index contributed by atoms with van der Waals surface area (Å²) in [6.45, 7) is 11.0. The van der Waals surface area contributed by atoms with E-state index in [2.05, 4.69) is 47.9 Å². The van der Waals surface area contributed by atoms with Crippen LogP contribution in [0.2, 0.25) is 0 Å². The summed E-state index contributed by atoms with van der Waals surface area (Å²) in [6.07, 6.45) is 5.14. The molecule has 5 N–H and O–H groups in total. The van der Waals surface area contributed by atoms with Crippen LogP contribution >= 0.6 is 15.9 Å². The number of carbonyl (C=O) groups is 6. The summed E-state index contributed by atoms with van der Waals surface area (Å²) < 4.78 is 96.8. The summed E-state index contributed by atoms with van der Waals surface area (Å²) in [5.41, 5.74) is 11.5. The van der Waals surface area contributed by atoms with Crippen LogP contribution in [0.4, 0.5) is 0 Å². The van der Waals surface area contributed by atoms with E-state index in [1.54, 1.807) is 83.1 Å². The minimum absolute atomic E-state index is 0.108. The first kappa shape index (κ1) is 74.7. The van der Waals surface area contributed by atoms with E-state index in [1.165, 1.54) is 26.0 Å². The number of aryl methyl sites for hydroxylation is 3. The molecule has 30 nitrogen and oxygen atoms in total. The lowest BCUT2D eigenvalue weighted by Gasteiger charge is -2.41. The van der Waals surface area contributed by atoms with E-state index >= 15 is 0 Å². The zero-order chi connectivity index (χ0) is 72.8. The number of alkyl halides is 1. The first-order valence-corrected chi connectivity index (χ1v) is 38.2. The molecule has 14 rings (SSSR count). The van der Waals surface area contributed by atoms with Crippen LogP contribution in [-0.2, 0) is 102 Å². The van der Waals surface area contributed by atoms with Gasteiger partial charge in [0.1, 0.15) is 31.3 Å². The number of benzene rings is 2. The zero-order valence-corrected chi connectivity index (χ0v) is 60.8. The molecule has 3 saturated heterocycles. The van der Waals surface area contributed by atoms with Gasteiger partial charge in [-0.15, -0.1) is 0 Å². The second-order valence-electron chi connectivity index (χ2n) is 27.4. The number of rotatable bonds is 18. The zero-order valence-electron chi connectivity index (χ0n) is 56.7. The van der Waals surface area contributed by atoms with Crippen molar-refractivity contribution in [3.63, 3.8) is 0 Å². The Hall–Kier alpha value is -7.96. The van der Waals surface area contributed by atoms with Gasteiger partial charge in [0.05, 0.1) is 83.8 Å². The molecule has 9 heterocycles. The van der Waals surface area contributed by atoms with Gasteiger partial charge >= 0.3 is 11.9 Å². The highest BCUT2D eigenvalue weighted by molar-refractivity contribution is 9.09. The van der Waals surface area contributed by atoms with Crippen LogP contribution in [0, 0.1) is 22.7 Å². The lowest BCUT2D eigenvalue weighted by atomic mass is 10.0. The molecule has 3 aliphatic carbocycles. The largest absolute Gasteiger partial charge is 0.476 e. The summed E-state index contributed by atoms with van der Waals surface area (Å²) in [7, 11) is -5.13. The van der Waals surface area contributed by atoms with E-state index in [1.807, 2.05) is 18.2 Å². The fourth-order valence-corrected chi connectivity index (χ4v) is 21.9. The second kappa shape index (κ2) is 28.5. The van der Waals surface area contributed by atoms with Gasteiger partial charge in [-0.1, -0.05) is 40.2 Å². The summed E-state index contributed by atoms with van der Waals surface area (Å²) in [6, 6.07) is 18.2. The van der Waals surface area contributed by atoms with Crippen molar-refractivity contribution < 1.29 is 78.1 Å². The Labute approximate surface area is 588 Å². The van der Waals surface area contributed by atoms with E-state index in [-0.39, 0.29) is 92.5 Å². The third-order valence-corrected chi connectivity index (χ3v) is 31.1. The van der Waals surface area contributed by atoms with Gasteiger partial charge in [0.25, 0.3) is 23.6 Å². The van der Waals surface area contributed by atoms with Crippen molar-refractivity contribution >= 4 is 81.0 Å². The molecule has 6 fully saturated rings. The molecule has 100 heavy (non-hydrogen) atoms. The summed E-state index contributed by atoms with van der Waals surface area (Å²) in [5, 5.41) is 45.0. The van der Waals surface area contributed by atoms with Crippen LogP contribution in [0.1, 0.15) is 168 Å². The van der Waals surface area contributed by atoms with Gasteiger partial charge in [0, 0.05) is 89.0 Å². The molecule has 0 radical (unpaired) electrons. The van der Waals surface area contributed by atoms with Gasteiger partial charge in [0.2, 0.25) is 0 Å². The molecule has 5 aromatic rings. The quantitative estimate of drug-likeness (QED) is 0.0723. The molecule has 538 valence electrons. The lowest BCUT2D eigenvalue weighted by molar-refractivity contribution is -0.00573. The number of sulfone groups is 3. The fourth-order valence-electron chi connectivity index (χ4n) is 13.1. The van der Waals surface area contributed by atoms with Crippen molar-refractivity contribution in [2.45, 2.75) is 127 Å².